The summed E-state index contributed by atoms with van der Waals surface area (Å²) < 4.78 is 0. The van der Waals surface area contributed by atoms with Crippen molar-refractivity contribution in [2.75, 3.05) is 25.4 Å². The monoisotopic (exact) mass is 450 g/mol. The number of benzene rings is 2. The Bertz CT molecular complexity index is 813. The molecule has 0 radical (unpaired) electrons. The molecule has 1 saturated heterocycles. The molecule has 29 heavy (non-hydrogen) atoms. The molecule has 1 aliphatic rings. The molecule has 1 atom stereocenters. The summed E-state index contributed by atoms with van der Waals surface area (Å²) in [5.74, 6) is 2.14. The number of amides is 1. The number of likely N-dealkylation sites (tertiary alicyclic amines) is 1. The average Bonchev–Trinajstić information content (AvgIpc) is 2.71. The summed E-state index contributed by atoms with van der Waals surface area (Å²) in [4.78, 5) is 14.9. The lowest BCUT2D eigenvalue weighted by Gasteiger charge is -2.32. The highest BCUT2D eigenvalue weighted by molar-refractivity contribution is 7.98. The highest BCUT2D eigenvalue weighted by atomic mass is 35.5. The van der Waals surface area contributed by atoms with Crippen molar-refractivity contribution in [2.45, 2.75) is 32.1 Å². The maximum atomic E-state index is 12.6. The third kappa shape index (κ3) is 7.21. The van der Waals surface area contributed by atoms with Crippen molar-refractivity contribution >= 4 is 40.9 Å². The Morgan fingerprint density at radius 3 is 2.76 bits per heavy atom. The molecular weight excluding hydrogens is 423 g/mol. The molecule has 0 spiro atoms. The SMILES string of the molecule is Cc1ccc(CSCCNC(=O)C2CCCN(Cc3ccc(Cl)cc3Cl)C2)cc1. The van der Waals surface area contributed by atoms with Gasteiger partial charge in [0.1, 0.15) is 0 Å². The first-order chi connectivity index (χ1) is 14.0. The fraction of sp³-hybridized carbons (Fsp3) is 0.435. The number of nitrogens with zero attached hydrogens (tertiary/aromatic N) is 1. The maximum absolute atomic E-state index is 12.6. The van der Waals surface area contributed by atoms with E-state index < -0.39 is 0 Å². The Morgan fingerprint density at radius 2 is 2.00 bits per heavy atom. The molecule has 0 aliphatic carbocycles. The minimum atomic E-state index is 0.0527. The van der Waals surface area contributed by atoms with Crippen molar-refractivity contribution < 1.29 is 4.79 Å². The molecule has 2 aromatic carbocycles. The summed E-state index contributed by atoms with van der Waals surface area (Å²) in [6, 6.07) is 14.2. The van der Waals surface area contributed by atoms with Gasteiger partial charge >= 0.3 is 0 Å². The van der Waals surface area contributed by atoms with E-state index in [2.05, 4.69) is 41.4 Å². The van der Waals surface area contributed by atoms with Crippen LogP contribution in [0.15, 0.2) is 42.5 Å². The predicted molar refractivity (Wildman–Crippen MR) is 125 cm³/mol. The Balaban J connectivity index is 1.38. The van der Waals surface area contributed by atoms with E-state index in [0.29, 0.717) is 10.0 Å². The molecule has 1 fully saturated rings. The van der Waals surface area contributed by atoms with Crippen molar-refractivity contribution in [1.29, 1.82) is 0 Å². The quantitative estimate of drug-likeness (QED) is 0.533. The van der Waals surface area contributed by atoms with Crippen LogP contribution in [-0.4, -0.2) is 36.2 Å². The van der Waals surface area contributed by atoms with E-state index in [9.17, 15) is 4.79 Å². The van der Waals surface area contributed by atoms with Crippen molar-refractivity contribution in [1.82, 2.24) is 10.2 Å². The van der Waals surface area contributed by atoms with Crippen LogP contribution in [0.25, 0.3) is 0 Å². The highest BCUT2D eigenvalue weighted by Crippen LogP contribution is 2.25. The van der Waals surface area contributed by atoms with Gasteiger partial charge in [-0.15, -0.1) is 0 Å². The zero-order valence-electron chi connectivity index (χ0n) is 16.8. The van der Waals surface area contributed by atoms with E-state index in [0.717, 1.165) is 56.1 Å². The van der Waals surface area contributed by atoms with E-state index in [4.69, 9.17) is 23.2 Å². The van der Waals surface area contributed by atoms with Crippen LogP contribution in [0.3, 0.4) is 0 Å². The Morgan fingerprint density at radius 1 is 1.21 bits per heavy atom. The third-order valence-electron chi connectivity index (χ3n) is 5.22. The lowest BCUT2D eigenvalue weighted by atomic mass is 9.96. The standard InChI is InChI=1S/C23H28Cl2N2OS/c1-17-4-6-18(7-5-17)16-29-12-10-26-23(28)20-3-2-11-27(15-20)14-19-8-9-21(24)13-22(19)25/h4-9,13,20H,2-3,10-12,14-16H2,1H3,(H,26,28). The molecule has 2 aromatic rings. The fourth-order valence-electron chi connectivity index (χ4n) is 3.57. The van der Waals surface area contributed by atoms with Crippen molar-refractivity contribution in [3.63, 3.8) is 0 Å². The smallest absolute Gasteiger partial charge is 0.224 e. The van der Waals surface area contributed by atoms with Gasteiger partial charge in [-0.1, -0.05) is 59.1 Å². The summed E-state index contributed by atoms with van der Waals surface area (Å²) in [5.41, 5.74) is 3.67. The highest BCUT2D eigenvalue weighted by Gasteiger charge is 2.25. The van der Waals surface area contributed by atoms with Gasteiger partial charge in [0.15, 0.2) is 0 Å². The number of nitrogens with one attached hydrogen (secondary N) is 1. The normalized spacial score (nSPS) is 17.3. The first-order valence-corrected chi connectivity index (χ1v) is 12.0. The molecule has 3 rings (SSSR count). The van der Waals surface area contributed by atoms with E-state index in [1.807, 2.05) is 23.9 Å². The summed E-state index contributed by atoms with van der Waals surface area (Å²) in [7, 11) is 0. The van der Waals surface area contributed by atoms with Crippen LogP contribution in [0.1, 0.15) is 29.5 Å². The lowest BCUT2D eigenvalue weighted by molar-refractivity contribution is -0.126. The number of halogens is 2. The first kappa shape index (κ1) is 22.5. The molecule has 1 unspecified atom stereocenters. The van der Waals surface area contributed by atoms with Crippen LogP contribution >= 0.6 is 35.0 Å². The Labute approximate surface area is 188 Å². The Hall–Kier alpha value is -1.20. The molecule has 1 amide bonds. The molecule has 0 aromatic heterocycles. The van der Waals surface area contributed by atoms with Gasteiger partial charge < -0.3 is 5.32 Å². The summed E-state index contributed by atoms with van der Waals surface area (Å²) in [6.45, 7) is 5.35. The fourth-order valence-corrected chi connectivity index (χ4v) is 4.86. The van der Waals surface area contributed by atoms with Gasteiger partial charge in [0.25, 0.3) is 0 Å². The van der Waals surface area contributed by atoms with Crippen molar-refractivity contribution in [3.8, 4) is 0 Å². The average molecular weight is 451 g/mol. The van der Waals surface area contributed by atoms with Crippen LogP contribution in [0, 0.1) is 12.8 Å². The molecule has 156 valence electrons. The largest absolute Gasteiger partial charge is 0.355 e. The van der Waals surface area contributed by atoms with Crippen LogP contribution in [0.2, 0.25) is 10.0 Å². The van der Waals surface area contributed by atoms with Crippen LogP contribution in [0.4, 0.5) is 0 Å². The molecule has 1 N–H and O–H groups in total. The minimum absolute atomic E-state index is 0.0527. The van der Waals surface area contributed by atoms with Gasteiger partial charge in [0.2, 0.25) is 5.91 Å². The number of aryl methyl sites for hydroxylation is 1. The third-order valence-corrected chi connectivity index (χ3v) is 6.84. The number of hydrogen-bond donors (Lipinski definition) is 1. The van der Waals surface area contributed by atoms with Gasteiger partial charge in [-0.3, -0.25) is 9.69 Å². The summed E-state index contributed by atoms with van der Waals surface area (Å²) >= 11 is 14.1. The number of thioether (sulfide) groups is 1. The van der Waals surface area contributed by atoms with Gasteiger partial charge in [-0.2, -0.15) is 11.8 Å². The second-order valence-electron chi connectivity index (χ2n) is 7.64. The molecule has 0 saturated carbocycles. The van der Waals surface area contributed by atoms with Gasteiger partial charge in [0, 0.05) is 41.2 Å². The van der Waals surface area contributed by atoms with Crippen LogP contribution < -0.4 is 5.32 Å². The molecule has 1 aliphatic heterocycles. The predicted octanol–water partition coefficient (Wildman–Crippen LogP) is 5.56. The molecule has 3 nitrogen and oxygen atoms in total. The second-order valence-corrected chi connectivity index (χ2v) is 9.59. The first-order valence-electron chi connectivity index (χ1n) is 10.1. The van der Waals surface area contributed by atoms with Crippen LogP contribution in [-0.2, 0) is 17.1 Å². The van der Waals surface area contributed by atoms with Gasteiger partial charge in [-0.25, -0.2) is 0 Å². The van der Waals surface area contributed by atoms with Gasteiger partial charge in [-0.05, 0) is 49.6 Å². The second kappa shape index (κ2) is 11.3. The zero-order chi connectivity index (χ0) is 20.6. The number of hydrogen-bond acceptors (Lipinski definition) is 3. The molecular formula is C23H28Cl2N2OS. The van der Waals surface area contributed by atoms with E-state index in [1.54, 1.807) is 6.07 Å². The molecule has 0 bridgehead atoms. The molecule has 1 heterocycles. The van der Waals surface area contributed by atoms with Crippen LogP contribution in [0.5, 0.6) is 0 Å². The number of carbonyl (C=O) groups excluding carboxylic acids is 1. The molecule has 6 heteroatoms. The van der Waals surface area contributed by atoms with E-state index in [1.165, 1.54) is 11.1 Å². The maximum Gasteiger partial charge on any atom is 0.224 e. The topological polar surface area (TPSA) is 32.3 Å². The number of carbonyl (C=O) groups is 1. The lowest BCUT2D eigenvalue weighted by Crippen LogP contribution is -2.43. The van der Waals surface area contributed by atoms with Gasteiger partial charge in [0.05, 0.1) is 5.92 Å². The summed E-state index contributed by atoms with van der Waals surface area (Å²) in [5, 5.41) is 4.46. The minimum Gasteiger partial charge on any atom is -0.355 e. The van der Waals surface area contributed by atoms with E-state index >= 15 is 0 Å². The Kier molecular flexibility index (Phi) is 8.73. The van der Waals surface area contributed by atoms with Crippen molar-refractivity contribution in [2.24, 2.45) is 5.92 Å². The van der Waals surface area contributed by atoms with Crippen molar-refractivity contribution in [3.05, 3.63) is 69.2 Å². The number of rotatable bonds is 8. The number of piperidine rings is 1. The van der Waals surface area contributed by atoms with E-state index in [-0.39, 0.29) is 11.8 Å². The zero-order valence-corrected chi connectivity index (χ0v) is 19.1. The summed E-state index contributed by atoms with van der Waals surface area (Å²) in [6.07, 6.45) is 1.98.